The molecule has 1 aliphatic rings. The van der Waals surface area contributed by atoms with E-state index in [1.54, 1.807) is 7.05 Å². The molecule has 24 heavy (non-hydrogen) atoms. The van der Waals surface area contributed by atoms with E-state index in [4.69, 9.17) is 9.47 Å². The van der Waals surface area contributed by atoms with Gasteiger partial charge in [0.2, 0.25) is 0 Å². The first kappa shape index (κ1) is 18.9. The number of aliphatic imine (C=N–C) groups is 1. The maximum Gasteiger partial charge on any atom is 0.434 e. The van der Waals surface area contributed by atoms with E-state index in [0.717, 1.165) is 36.2 Å². The molecular formula is C14H21F3N4O2S. The van der Waals surface area contributed by atoms with E-state index in [1.807, 2.05) is 0 Å². The fourth-order valence-corrected chi connectivity index (χ4v) is 2.82. The molecule has 2 heterocycles. The molecule has 0 spiro atoms. The Morgan fingerprint density at radius 3 is 2.96 bits per heavy atom. The lowest BCUT2D eigenvalue weighted by Gasteiger charge is -2.12. The van der Waals surface area contributed by atoms with Crippen LogP contribution in [0.3, 0.4) is 0 Å². The normalized spacial score (nSPS) is 18.8. The van der Waals surface area contributed by atoms with Crippen LogP contribution in [0.1, 0.15) is 23.5 Å². The van der Waals surface area contributed by atoms with Gasteiger partial charge in [-0.3, -0.25) is 4.99 Å². The van der Waals surface area contributed by atoms with Crippen LogP contribution in [0.25, 0.3) is 0 Å². The van der Waals surface area contributed by atoms with Crippen LogP contribution >= 0.6 is 11.3 Å². The standard InChI is InChI=1S/C14H21F3N4O2S/c1-18-13(19-4-2-5-23-10-3-6-22-8-10)20-7-12-21-11(9-24-12)14(15,16)17/h9-10H,2-8H2,1H3,(H2,18,19,20). The smallest absolute Gasteiger partial charge is 0.379 e. The van der Waals surface area contributed by atoms with Crippen LogP contribution in [0, 0.1) is 0 Å². The van der Waals surface area contributed by atoms with Gasteiger partial charge < -0.3 is 20.1 Å². The number of halogens is 3. The number of alkyl halides is 3. The summed E-state index contributed by atoms with van der Waals surface area (Å²) in [5.74, 6) is 0.517. The molecule has 1 saturated heterocycles. The first-order valence-electron chi connectivity index (χ1n) is 7.64. The van der Waals surface area contributed by atoms with Gasteiger partial charge in [0.05, 0.1) is 19.3 Å². The van der Waals surface area contributed by atoms with Gasteiger partial charge in [0, 0.05) is 32.2 Å². The first-order chi connectivity index (χ1) is 11.5. The molecule has 1 aromatic rings. The molecule has 2 rings (SSSR count). The maximum atomic E-state index is 12.5. The number of rotatable bonds is 7. The molecule has 1 aliphatic heterocycles. The molecule has 0 amide bonds. The van der Waals surface area contributed by atoms with Gasteiger partial charge in [-0.05, 0) is 12.8 Å². The second-order valence-electron chi connectivity index (χ2n) is 5.19. The lowest BCUT2D eigenvalue weighted by atomic mass is 10.3. The van der Waals surface area contributed by atoms with Crippen LogP contribution in [0.2, 0.25) is 0 Å². The third kappa shape index (κ3) is 6.25. The van der Waals surface area contributed by atoms with E-state index < -0.39 is 11.9 Å². The van der Waals surface area contributed by atoms with Crippen molar-refractivity contribution in [2.75, 3.05) is 33.4 Å². The Hall–Kier alpha value is -1.39. The molecule has 10 heteroatoms. The number of guanidine groups is 1. The highest BCUT2D eigenvalue weighted by atomic mass is 32.1. The minimum absolute atomic E-state index is 0.190. The second-order valence-corrected chi connectivity index (χ2v) is 6.13. The Kier molecular flexibility index (Phi) is 7.25. The van der Waals surface area contributed by atoms with Gasteiger partial charge in [-0.25, -0.2) is 4.98 Å². The zero-order valence-corrected chi connectivity index (χ0v) is 14.2. The summed E-state index contributed by atoms with van der Waals surface area (Å²) in [6, 6.07) is 0. The van der Waals surface area contributed by atoms with E-state index in [9.17, 15) is 13.2 Å². The van der Waals surface area contributed by atoms with Crippen LogP contribution in [0.15, 0.2) is 10.4 Å². The number of ether oxygens (including phenoxy) is 2. The van der Waals surface area contributed by atoms with Crippen molar-refractivity contribution in [3.05, 3.63) is 16.1 Å². The van der Waals surface area contributed by atoms with Crippen molar-refractivity contribution in [2.45, 2.75) is 31.7 Å². The van der Waals surface area contributed by atoms with E-state index in [1.165, 1.54) is 0 Å². The van der Waals surface area contributed by atoms with Crippen LogP contribution in [0.5, 0.6) is 0 Å². The van der Waals surface area contributed by atoms with E-state index in [2.05, 4.69) is 20.6 Å². The second kappa shape index (κ2) is 9.19. The van der Waals surface area contributed by atoms with Gasteiger partial charge >= 0.3 is 6.18 Å². The topological polar surface area (TPSA) is 67.8 Å². The number of hydrogen-bond donors (Lipinski definition) is 2. The van der Waals surface area contributed by atoms with Crippen molar-refractivity contribution in [1.29, 1.82) is 0 Å². The average Bonchev–Trinajstić information content (AvgIpc) is 3.20. The molecule has 6 nitrogen and oxygen atoms in total. The molecule has 1 unspecified atom stereocenters. The summed E-state index contributed by atoms with van der Waals surface area (Å²) >= 11 is 0.967. The molecular weight excluding hydrogens is 345 g/mol. The average molecular weight is 366 g/mol. The predicted octanol–water partition coefficient (Wildman–Crippen LogP) is 2.02. The third-order valence-electron chi connectivity index (χ3n) is 3.33. The summed E-state index contributed by atoms with van der Waals surface area (Å²) < 4.78 is 48.3. The van der Waals surface area contributed by atoms with Gasteiger partial charge in [-0.1, -0.05) is 0 Å². The summed E-state index contributed by atoms with van der Waals surface area (Å²) in [5.41, 5.74) is -0.861. The summed E-state index contributed by atoms with van der Waals surface area (Å²) in [4.78, 5) is 7.58. The fourth-order valence-electron chi connectivity index (χ4n) is 2.08. The van der Waals surface area contributed by atoms with Gasteiger partial charge in [-0.2, -0.15) is 13.2 Å². The largest absolute Gasteiger partial charge is 0.434 e. The van der Waals surface area contributed by atoms with E-state index in [-0.39, 0.29) is 12.6 Å². The van der Waals surface area contributed by atoms with Crippen molar-refractivity contribution >= 4 is 17.3 Å². The zero-order chi connectivity index (χ0) is 17.4. The lowest BCUT2D eigenvalue weighted by molar-refractivity contribution is -0.140. The van der Waals surface area contributed by atoms with E-state index >= 15 is 0 Å². The Labute approximate surface area is 142 Å². The highest BCUT2D eigenvalue weighted by molar-refractivity contribution is 7.09. The Balaban J connectivity index is 1.62. The van der Waals surface area contributed by atoms with Crippen LogP contribution in [-0.4, -0.2) is 50.5 Å². The molecule has 1 aromatic heterocycles. The zero-order valence-electron chi connectivity index (χ0n) is 13.4. The highest BCUT2D eigenvalue weighted by Crippen LogP contribution is 2.29. The predicted molar refractivity (Wildman–Crippen MR) is 85.1 cm³/mol. The molecule has 0 saturated carbocycles. The van der Waals surface area contributed by atoms with Gasteiger partial charge in [0.1, 0.15) is 5.01 Å². The Morgan fingerprint density at radius 2 is 2.33 bits per heavy atom. The van der Waals surface area contributed by atoms with Crippen LogP contribution in [-0.2, 0) is 22.2 Å². The minimum atomic E-state index is -4.40. The molecule has 2 N–H and O–H groups in total. The highest BCUT2D eigenvalue weighted by Gasteiger charge is 2.33. The Morgan fingerprint density at radius 1 is 1.50 bits per heavy atom. The van der Waals surface area contributed by atoms with Crippen molar-refractivity contribution in [2.24, 2.45) is 4.99 Å². The number of thiazole rings is 1. The van der Waals surface area contributed by atoms with Crippen molar-refractivity contribution in [1.82, 2.24) is 15.6 Å². The minimum Gasteiger partial charge on any atom is -0.379 e. The van der Waals surface area contributed by atoms with Gasteiger partial charge in [0.15, 0.2) is 11.7 Å². The summed E-state index contributed by atoms with van der Waals surface area (Å²) in [5, 5.41) is 7.39. The molecule has 136 valence electrons. The number of nitrogens with one attached hydrogen (secondary N) is 2. The van der Waals surface area contributed by atoms with Gasteiger partial charge in [-0.15, -0.1) is 11.3 Å². The van der Waals surface area contributed by atoms with Crippen molar-refractivity contribution < 1.29 is 22.6 Å². The summed E-state index contributed by atoms with van der Waals surface area (Å²) in [6.45, 7) is 2.88. The van der Waals surface area contributed by atoms with E-state index in [0.29, 0.717) is 30.7 Å². The number of hydrogen-bond acceptors (Lipinski definition) is 5. The SMILES string of the molecule is CN=C(NCCCOC1CCOC1)NCc1nc(C(F)(F)F)cs1. The summed E-state index contributed by atoms with van der Waals surface area (Å²) in [7, 11) is 1.60. The number of nitrogens with zero attached hydrogens (tertiary/aromatic N) is 2. The molecule has 0 bridgehead atoms. The fraction of sp³-hybridized carbons (Fsp3) is 0.714. The lowest BCUT2D eigenvalue weighted by Crippen LogP contribution is -2.37. The number of aromatic nitrogens is 1. The molecule has 0 aromatic carbocycles. The molecule has 0 aliphatic carbocycles. The third-order valence-corrected chi connectivity index (χ3v) is 4.18. The van der Waals surface area contributed by atoms with Crippen LogP contribution in [0.4, 0.5) is 13.2 Å². The molecule has 1 atom stereocenters. The monoisotopic (exact) mass is 366 g/mol. The van der Waals surface area contributed by atoms with Crippen LogP contribution < -0.4 is 10.6 Å². The van der Waals surface area contributed by atoms with Crippen molar-refractivity contribution in [3.8, 4) is 0 Å². The molecule has 0 radical (unpaired) electrons. The Bertz CT molecular complexity index is 530. The first-order valence-corrected chi connectivity index (χ1v) is 8.52. The van der Waals surface area contributed by atoms with Gasteiger partial charge in [0.25, 0.3) is 0 Å². The quantitative estimate of drug-likeness (QED) is 0.439. The maximum absolute atomic E-state index is 12.5. The molecule has 1 fully saturated rings. The van der Waals surface area contributed by atoms with Crippen molar-refractivity contribution in [3.63, 3.8) is 0 Å². The summed E-state index contributed by atoms with van der Waals surface area (Å²) in [6.07, 6.45) is -2.48.